The van der Waals surface area contributed by atoms with E-state index in [0.717, 1.165) is 25.1 Å². The van der Waals surface area contributed by atoms with Gasteiger partial charge in [-0.3, -0.25) is 0 Å². The minimum absolute atomic E-state index is 0.159. The van der Waals surface area contributed by atoms with Crippen LogP contribution in [0, 0.1) is 5.41 Å². The summed E-state index contributed by atoms with van der Waals surface area (Å²) in [5.74, 6) is 0.303. The Labute approximate surface area is 109 Å². The van der Waals surface area contributed by atoms with Crippen molar-refractivity contribution in [2.75, 3.05) is 6.54 Å². The first-order valence-electron chi connectivity index (χ1n) is 5.99. The Morgan fingerprint density at radius 1 is 1.24 bits per heavy atom. The highest BCUT2D eigenvalue weighted by Gasteiger charge is 2.16. The Bertz CT molecular complexity index is 329. The molecule has 0 radical (unpaired) electrons. The molecular formula is C14H22ClNO. The van der Waals surface area contributed by atoms with Crippen molar-refractivity contribution in [1.82, 2.24) is 5.32 Å². The van der Waals surface area contributed by atoms with Crippen LogP contribution < -0.4 is 5.32 Å². The smallest absolute Gasteiger partial charge is 0.115 e. The third-order valence-electron chi connectivity index (χ3n) is 2.47. The van der Waals surface area contributed by atoms with Gasteiger partial charge in [-0.2, -0.15) is 0 Å². The molecule has 1 rings (SSSR count). The molecule has 0 fully saturated rings. The molecule has 1 unspecified atom stereocenters. The fourth-order valence-electron chi connectivity index (χ4n) is 1.72. The zero-order valence-corrected chi connectivity index (χ0v) is 11.6. The maximum atomic E-state index is 9.16. The summed E-state index contributed by atoms with van der Waals surface area (Å²) in [6, 6.07) is 7.22. The number of alkyl halides is 1. The lowest BCUT2D eigenvalue weighted by Crippen LogP contribution is -2.26. The van der Waals surface area contributed by atoms with Crippen molar-refractivity contribution < 1.29 is 5.11 Å². The molecule has 0 saturated carbocycles. The van der Waals surface area contributed by atoms with E-state index in [1.54, 1.807) is 12.1 Å². The normalized spacial score (nSPS) is 13.6. The quantitative estimate of drug-likeness (QED) is 0.789. The van der Waals surface area contributed by atoms with E-state index in [4.69, 9.17) is 16.7 Å². The molecule has 0 aliphatic heterocycles. The standard InChI is InChI=1S/C14H22ClNO/c1-14(2,3)8-12(15)10-16-9-11-4-6-13(17)7-5-11/h4-7,12,16-17H,8-10H2,1-3H3. The second kappa shape index (κ2) is 6.27. The summed E-state index contributed by atoms with van der Waals surface area (Å²) in [7, 11) is 0. The van der Waals surface area contributed by atoms with Gasteiger partial charge in [0.1, 0.15) is 5.75 Å². The monoisotopic (exact) mass is 255 g/mol. The Morgan fingerprint density at radius 3 is 2.35 bits per heavy atom. The maximum absolute atomic E-state index is 9.16. The van der Waals surface area contributed by atoms with E-state index in [-0.39, 0.29) is 10.8 Å². The summed E-state index contributed by atoms with van der Waals surface area (Å²) < 4.78 is 0. The van der Waals surface area contributed by atoms with Crippen LogP contribution in [0.2, 0.25) is 0 Å². The van der Waals surface area contributed by atoms with Crippen molar-refractivity contribution in [3.05, 3.63) is 29.8 Å². The highest BCUT2D eigenvalue weighted by Crippen LogP contribution is 2.23. The van der Waals surface area contributed by atoms with Gasteiger partial charge in [0.15, 0.2) is 0 Å². The van der Waals surface area contributed by atoms with E-state index < -0.39 is 0 Å². The van der Waals surface area contributed by atoms with E-state index in [1.165, 1.54) is 0 Å². The maximum Gasteiger partial charge on any atom is 0.115 e. The van der Waals surface area contributed by atoms with Crippen LogP contribution in [-0.4, -0.2) is 17.0 Å². The van der Waals surface area contributed by atoms with Crippen molar-refractivity contribution in [3.8, 4) is 5.75 Å². The molecule has 0 aliphatic rings. The molecule has 1 atom stereocenters. The molecular weight excluding hydrogens is 234 g/mol. The molecule has 0 spiro atoms. The third kappa shape index (κ3) is 6.54. The summed E-state index contributed by atoms with van der Waals surface area (Å²) in [6.07, 6.45) is 0.997. The molecule has 2 nitrogen and oxygen atoms in total. The Kier molecular flexibility index (Phi) is 5.29. The Hall–Kier alpha value is -0.730. The van der Waals surface area contributed by atoms with Gasteiger partial charge < -0.3 is 10.4 Å². The van der Waals surface area contributed by atoms with Crippen molar-refractivity contribution in [3.63, 3.8) is 0 Å². The summed E-state index contributed by atoms with van der Waals surface area (Å²) in [6.45, 7) is 8.18. The van der Waals surface area contributed by atoms with E-state index in [2.05, 4.69) is 26.1 Å². The fourth-order valence-corrected chi connectivity index (χ4v) is 2.30. The third-order valence-corrected chi connectivity index (χ3v) is 2.77. The van der Waals surface area contributed by atoms with Gasteiger partial charge in [-0.25, -0.2) is 0 Å². The molecule has 96 valence electrons. The molecule has 3 heteroatoms. The fraction of sp³-hybridized carbons (Fsp3) is 0.571. The van der Waals surface area contributed by atoms with Gasteiger partial charge in [0.05, 0.1) is 0 Å². The van der Waals surface area contributed by atoms with Crippen molar-refractivity contribution >= 4 is 11.6 Å². The van der Waals surface area contributed by atoms with Gasteiger partial charge >= 0.3 is 0 Å². The lowest BCUT2D eigenvalue weighted by Gasteiger charge is -2.22. The summed E-state index contributed by atoms with van der Waals surface area (Å²) >= 11 is 6.25. The predicted octanol–water partition coefficient (Wildman–Crippen LogP) is 3.53. The molecule has 1 aromatic rings. The molecule has 0 bridgehead atoms. The lowest BCUT2D eigenvalue weighted by molar-refractivity contribution is 0.364. The second-order valence-electron chi connectivity index (χ2n) is 5.66. The molecule has 0 aromatic heterocycles. The number of nitrogens with one attached hydrogen (secondary N) is 1. The van der Waals surface area contributed by atoms with Crippen LogP contribution in [0.5, 0.6) is 5.75 Å². The predicted molar refractivity (Wildman–Crippen MR) is 73.5 cm³/mol. The van der Waals surface area contributed by atoms with Gasteiger partial charge in [0.25, 0.3) is 0 Å². The van der Waals surface area contributed by atoms with Crippen LogP contribution in [0.4, 0.5) is 0 Å². The number of phenolic OH excluding ortho intramolecular Hbond substituents is 1. The van der Waals surface area contributed by atoms with Gasteiger partial charge in [-0.05, 0) is 29.5 Å². The first-order valence-corrected chi connectivity index (χ1v) is 6.43. The molecule has 17 heavy (non-hydrogen) atoms. The number of halogens is 1. The van der Waals surface area contributed by atoms with Gasteiger partial charge in [0.2, 0.25) is 0 Å². The molecule has 0 heterocycles. The van der Waals surface area contributed by atoms with Crippen LogP contribution in [0.15, 0.2) is 24.3 Å². The summed E-state index contributed by atoms with van der Waals surface area (Å²) in [5, 5.41) is 12.6. The zero-order chi connectivity index (χ0) is 12.9. The minimum atomic E-state index is 0.159. The van der Waals surface area contributed by atoms with Crippen molar-refractivity contribution in [2.45, 2.75) is 39.1 Å². The first-order chi connectivity index (χ1) is 7.87. The van der Waals surface area contributed by atoms with Crippen LogP contribution >= 0.6 is 11.6 Å². The van der Waals surface area contributed by atoms with Crippen molar-refractivity contribution in [2.24, 2.45) is 5.41 Å². The average Bonchev–Trinajstić information content (AvgIpc) is 2.18. The largest absolute Gasteiger partial charge is 0.508 e. The Morgan fingerprint density at radius 2 is 1.82 bits per heavy atom. The Balaban J connectivity index is 2.26. The first kappa shape index (κ1) is 14.3. The van der Waals surface area contributed by atoms with Gasteiger partial charge in [-0.1, -0.05) is 32.9 Å². The van der Waals surface area contributed by atoms with Crippen LogP contribution in [0.3, 0.4) is 0 Å². The minimum Gasteiger partial charge on any atom is -0.508 e. The van der Waals surface area contributed by atoms with E-state index in [9.17, 15) is 0 Å². The van der Waals surface area contributed by atoms with Crippen LogP contribution in [0.25, 0.3) is 0 Å². The van der Waals surface area contributed by atoms with Gasteiger partial charge in [0, 0.05) is 18.5 Å². The number of benzene rings is 1. The van der Waals surface area contributed by atoms with E-state index in [0.29, 0.717) is 5.75 Å². The SMILES string of the molecule is CC(C)(C)CC(Cl)CNCc1ccc(O)cc1. The van der Waals surface area contributed by atoms with Gasteiger partial charge in [-0.15, -0.1) is 11.6 Å². The number of phenols is 1. The number of hydrogen-bond donors (Lipinski definition) is 2. The lowest BCUT2D eigenvalue weighted by atomic mass is 9.90. The second-order valence-corrected chi connectivity index (χ2v) is 6.28. The summed E-state index contributed by atoms with van der Waals surface area (Å²) in [5.41, 5.74) is 1.43. The average molecular weight is 256 g/mol. The highest BCUT2D eigenvalue weighted by atomic mass is 35.5. The topological polar surface area (TPSA) is 32.3 Å². The molecule has 0 saturated heterocycles. The number of aromatic hydroxyl groups is 1. The van der Waals surface area contributed by atoms with E-state index in [1.807, 2.05) is 12.1 Å². The molecule has 0 amide bonds. The van der Waals surface area contributed by atoms with E-state index >= 15 is 0 Å². The van der Waals surface area contributed by atoms with Crippen LogP contribution in [-0.2, 0) is 6.54 Å². The number of rotatable bonds is 5. The van der Waals surface area contributed by atoms with Crippen LogP contribution in [0.1, 0.15) is 32.8 Å². The zero-order valence-electron chi connectivity index (χ0n) is 10.8. The molecule has 0 aliphatic carbocycles. The number of hydrogen-bond acceptors (Lipinski definition) is 2. The molecule has 2 N–H and O–H groups in total. The van der Waals surface area contributed by atoms with Crippen molar-refractivity contribution in [1.29, 1.82) is 0 Å². The molecule has 1 aromatic carbocycles. The highest BCUT2D eigenvalue weighted by molar-refractivity contribution is 6.20. The summed E-state index contributed by atoms with van der Waals surface area (Å²) in [4.78, 5) is 0.